The fourth-order valence-electron chi connectivity index (χ4n) is 4.16. The van der Waals surface area contributed by atoms with Crippen LogP contribution in [0.1, 0.15) is 73.9 Å². The van der Waals surface area contributed by atoms with E-state index < -0.39 is 0 Å². The number of halogens is 1. The van der Waals surface area contributed by atoms with Crippen molar-refractivity contribution in [2.24, 2.45) is 0 Å². The zero-order chi connectivity index (χ0) is 27.2. The number of aryl methyl sites for hydroxylation is 1. The average molecular weight is 536 g/mol. The van der Waals surface area contributed by atoms with Crippen LogP contribution in [-0.4, -0.2) is 43.6 Å². The Bertz CT molecular complexity index is 1110. The topological polar surface area (TPSA) is 74.3 Å². The van der Waals surface area contributed by atoms with Crippen molar-refractivity contribution in [2.45, 2.75) is 74.8 Å². The van der Waals surface area contributed by atoms with Crippen LogP contribution in [0.25, 0.3) is 0 Å². The molecule has 2 aromatic rings. The molecule has 2 aromatic carbocycles. The van der Waals surface area contributed by atoms with Gasteiger partial charge >= 0.3 is 11.9 Å². The normalized spacial score (nSPS) is 10.8. The lowest BCUT2D eigenvalue weighted by molar-refractivity contribution is -0.132. The van der Waals surface area contributed by atoms with Crippen molar-refractivity contribution in [3.8, 4) is 23.0 Å². The molecule has 8 heteroatoms. The number of hydrogen-bond acceptors (Lipinski definition) is 7. The highest BCUT2D eigenvalue weighted by Crippen LogP contribution is 2.39. The Morgan fingerprint density at radius 1 is 0.865 bits per heavy atom. The van der Waals surface area contributed by atoms with Crippen molar-refractivity contribution in [2.75, 3.05) is 26.8 Å². The number of rotatable bonds is 11. The van der Waals surface area contributed by atoms with E-state index in [-0.39, 0.29) is 30.3 Å². The summed E-state index contributed by atoms with van der Waals surface area (Å²) >= 11 is 0. The second-order valence-electron chi connectivity index (χ2n) is 9.53. The largest absolute Gasteiger partial charge is 0.493 e. The van der Waals surface area contributed by atoms with Crippen molar-refractivity contribution in [1.29, 1.82) is 0 Å². The fraction of sp³-hybridized carbons (Fsp3) is 0.517. The van der Waals surface area contributed by atoms with Crippen LogP contribution in [0.5, 0.6) is 23.0 Å². The molecule has 0 atom stereocenters. The minimum atomic E-state index is -0.340. The number of carbonyl (C=O) groups excluding carboxylic acids is 2. The molecule has 0 aliphatic rings. The summed E-state index contributed by atoms with van der Waals surface area (Å²) in [5.41, 5.74) is 5.64. The number of carbonyl (C=O) groups is 2. The third-order valence-electron chi connectivity index (χ3n) is 6.19. The maximum atomic E-state index is 11.7. The summed E-state index contributed by atoms with van der Waals surface area (Å²) in [5.74, 6) is 2.33. The predicted octanol–water partition coefficient (Wildman–Crippen LogP) is 6.23. The van der Waals surface area contributed by atoms with Gasteiger partial charge < -0.3 is 18.9 Å². The number of hydrogen-bond donors (Lipinski definition) is 0. The highest BCUT2D eigenvalue weighted by molar-refractivity contribution is 5.85. The van der Waals surface area contributed by atoms with Gasteiger partial charge in [0, 0.05) is 43.6 Å². The SMILES string of the molecule is CCOc1c(C)c(C)c(OC(C)=O)c(C)c1CN(C)CCOc1cc(C)c(OC(C)=O)cc1C(C)C.Cl. The third-order valence-corrected chi connectivity index (χ3v) is 6.19. The van der Waals surface area contributed by atoms with Crippen LogP contribution in [0, 0.1) is 27.7 Å². The van der Waals surface area contributed by atoms with Crippen LogP contribution in [0.4, 0.5) is 0 Å². The van der Waals surface area contributed by atoms with Gasteiger partial charge in [0.25, 0.3) is 0 Å². The highest BCUT2D eigenvalue weighted by Gasteiger charge is 2.22. The lowest BCUT2D eigenvalue weighted by Crippen LogP contribution is -2.25. The molecule has 0 aromatic heterocycles. The zero-order valence-corrected chi connectivity index (χ0v) is 24.7. The van der Waals surface area contributed by atoms with E-state index in [1.165, 1.54) is 13.8 Å². The van der Waals surface area contributed by atoms with Gasteiger partial charge in [0.15, 0.2) is 0 Å². The quantitative estimate of drug-likeness (QED) is 0.249. The van der Waals surface area contributed by atoms with E-state index >= 15 is 0 Å². The molecule has 0 bridgehead atoms. The summed E-state index contributed by atoms with van der Waals surface area (Å²) in [7, 11) is 2.03. The van der Waals surface area contributed by atoms with Gasteiger partial charge in [0.2, 0.25) is 0 Å². The van der Waals surface area contributed by atoms with Gasteiger partial charge in [-0.1, -0.05) is 13.8 Å². The first-order chi connectivity index (χ1) is 16.9. The smallest absolute Gasteiger partial charge is 0.308 e. The average Bonchev–Trinajstić information content (AvgIpc) is 2.78. The molecule has 2 rings (SSSR count). The van der Waals surface area contributed by atoms with Crippen LogP contribution in [0.3, 0.4) is 0 Å². The molecule has 0 saturated carbocycles. The number of ether oxygens (including phenoxy) is 4. The molecule has 0 fully saturated rings. The minimum absolute atomic E-state index is 0. The van der Waals surface area contributed by atoms with Gasteiger partial charge in [-0.15, -0.1) is 12.4 Å². The molecule has 0 unspecified atom stereocenters. The van der Waals surface area contributed by atoms with Gasteiger partial charge in [-0.3, -0.25) is 14.5 Å². The molecule has 0 aliphatic carbocycles. The Kier molecular flexibility index (Phi) is 12.4. The monoisotopic (exact) mass is 535 g/mol. The maximum Gasteiger partial charge on any atom is 0.308 e. The van der Waals surface area contributed by atoms with Gasteiger partial charge in [-0.05, 0) is 76.4 Å². The van der Waals surface area contributed by atoms with E-state index in [1.807, 2.05) is 53.8 Å². The summed E-state index contributed by atoms with van der Waals surface area (Å²) in [6, 6.07) is 3.82. The van der Waals surface area contributed by atoms with E-state index in [2.05, 4.69) is 18.7 Å². The molecule has 7 nitrogen and oxygen atoms in total. The number of esters is 2. The summed E-state index contributed by atoms with van der Waals surface area (Å²) in [6.07, 6.45) is 0. The van der Waals surface area contributed by atoms with E-state index in [1.54, 1.807) is 0 Å². The molecule has 0 amide bonds. The van der Waals surface area contributed by atoms with Crippen LogP contribution < -0.4 is 18.9 Å². The van der Waals surface area contributed by atoms with Crippen LogP contribution in [-0.2, 0) is 16.1 Å². The van der Waals surface area contributed by atoms with Crippen molar-refractivity contribution in [3.05, 3.63) is 45.5 Å². The number of nitrogens with zero attached hydrogens (tertiary/aromatic N) is 1. The van der Waals surface area contributed by atoms with Gasteiger partial charge in [0.1, 0.15) is 29.6 Å². The molecule has 0 spiro atoms. The summed E-state index contributed by atoms with van der Waals surface area (Å²) in [4.78, 5) is 25.3. The standard InChI is InChI=1S/C29H41NO6.ClH/c1-11-33-29-20(6)19(5)28(36-23(9)32)21(7)25(29)16-30(10)12-13-34-27-14-18(4)26(35-22(8)31)15-24(27)17(2)3;/h14-15,17H,11-13,16H2,1-10H3;1H. The molecule has 0 N–H and O–H groups in total. The van der Waals surface area contributed by atoms with E-state index in [0.717, 1.165) is 44.9 Å². The molecule has 0 saturated heterocycles. The fourth-order valence-corrected chi connectivity index (χ4v) is 4.16. The van der Waals surface area contributed by atoms with Crippen LogP contribution >= 0.6 is 12.4 Å². The molecule has 0 aliphatic heterocycles. The minimum Gasteiger partial charge on any atom is -0.493 e. The molecular weight excluding hydrogens is 494 g/mol. The number of likely N-dealkylation sites (N-methyl/N-ethyl adjacent to an activating group) is 1. The summed E-state index contributed by atoms with van der Waals surface area (Å²) < 4.78 is 23.1. The Morgan fingerprint density at radius 3 is 2.00 bits per heavy atom. The Balaban J connectivity index is 0.00000684. The molecule has 0 heterocycles. The predicted molar refractivity (Wildman–Crippen MR) is 149 cm³/mol. The maximum absolute atomic E-state index is 11.7. The van der Waals surface area contributed by atoms with E-state index in [4.69, 9.17) is 18.9 Å². The Hall–Kier alpha value is -2.77. The first-order valence-electron chi connectivity index (χ1n) is 12.4. The van der Waals surface area contributed by atoms with Crippen molar-refractivity contribution >= 4 is 24.3 Å². The van der Waals surface area contributed by atoms with Gasteiger partial charge in [-0.2, -0.15) is 0 Å². The Morgan fingerprint density at radius 2 is 1.46 bits per heavy atom. The summed E-state index contributed by atoms with van der Waals surface area (Å²) in [5, 5.41) is 0. The Labute approximate surface area is 227 Å². The van der Waals surface area contributed by atoms with E-state index in [9.17, 15) is 9.59 Å². The lowest BCUT2D eigenvalue weighted by atomic mass is 9.96. The zero-order valence-electron chi connectivity index (χ0n) is 23.9. The van der Waals surface area contributed by atoms with Crippen LogP contribution in [0.15, 0.2) is 12.1 Å². The first-order valence-corrected chi connectivity index (χ1v) is 12.4. The van der Waals surface area contributed by atoms with Crippen molar-refractivity contribution in [3.63, 3.8) is 0 Å². The highest BCUT2D eigenvalue weighted by atomic mass is 35.5. The molecular formula is C29H42ClNO6. The second kappa shape index (κ2) is 14.2. The van der Waals surface area contributed by atoms with Gasteiger partial charge in [-0.25, -0.2) is 0 Å². The molecule has 0 radical (unpaired) electrons. The number of benzene rings is 2. The third kappa shape index (κ3) is 8.37. The lowest BCUT2D eigenvalue weighted by Gasteiger charge is -2.25. The van der Waals surface area contributed by atoms with Crippen molar-refractivity contribution in [1.82, 2.24) is 4.90 Å². The van der Waals surface area contributed by atoms with E-state index in [0.29, 0.717) is 37.8 Å². The van der Waals surface area contributed by atoms with Crippen LogP contribution in [0.2, 0.25) is 0 Å². The first kappa shape index (κ1) is 32.3. The molecule has 206 valence electrons. The summed E-state index contributed by atoms with van der Waals surface area (Å²) in [6.45, 7) is 19.1. The second-order valence-corrected chi connectivity index (χ2v) is 9.53. The molecule has 37 heavy (non-hydrogen) atoms. The van der Waals surface area contributed by atoms with Crippen molar-refractivity contribution < 1.29 is 28.5 Å². The van der Waals surface area contributed by atoms with Gasteiger partial charge in [0.05, 0.1) is 6.61 Å².